The van der Waals surface area contributed by atoms with Crippen LogP contribution < -0.4 is 10.1 Å². The maximum atomic E-state index is 11.4. The van der Waals surface area contributed by atoms with Gasteiger partial charge < -0.3 is 10.1 Å². The molecule has 15 heavy (non-hydrogen) atoms. The Morgan fingerprint density at radius 2 is 2.07 bits per heavy atom. The van der Waals surface area contributed by atoms with Crippen molar-refractivity contribution < 1.29 is 9.53 Å². The van der Waals surface area contributed by atoms with Crippen LogP contribution in [0.25, 0.3) is 0 Å². The molecule has 1 aromatic rings. The smallest absolute Gasteiger partial charge is 0.260 e. The summed E-state index contributed by atoms with van der Waals surface area (Å²) in [5.41, 5.74) is 0. The molecule has 0 spiro atoms. The Kier molecular flexibility index (Phi) is 4.87. The van der Waals surface area contributed by atoms with Crippen molar-refractivity contribution in [2.75, 3.05) is 6.54 Å². The van der Waals surface area contributed by atoms with E-state index in [0.29, 0.717) is 12.3 Å². The number of ether oxygens (including phenoxy) is 1. The van der Waals surface area contributed by atoms with Crippen LogP contribution in [-0.2, 0) is 4.79 Å². The van der Waals surface area contributed by atoms with Crippen LogP contribution in [0.15, 0.2) is 24.3 Å². The number of hydrogen-bond acceptors (Lipinski definition) is 2. The summed E-state index contributed by atoms with van der Waals surface area (Å²) < 4.78 is 6.61. The van der Waals surface area contributed by atoms with Crippen LogP contribution >= 0.6 is 22.6 Å². The van der Waals surface area contributed by atoms with Gasteiger partial charge in [0, 0.05) is 10.1 Å². The summed E-state index contributed by atoms with van der Waals surface area (Å²) in [4.78, 5) is 11.4. The molecule has 0 aliphatic carbocycles. The van der Waals surface area contributed by atoms with Crippen molar-refractivity contribution in [3.05, 3.63) is 27.8 Å². The van der Waals surface area contributed by atoms with E-state index in [1.807, 2.05) is 31.2 Å². The molecule has 0 aliphatic heterocycles. The zero-order chi connectivity index (χ0) is 11.3. The Bertz CT molecular complexity index is 324. The van der Waals surface area contributed by atoms with Gasteiger partial charge in [0.25, 0.3) is 5.91 Å². The molecule has 1 rings (SSSR count). The standard InChI is InChI=1S/C11H14INO2/c1-3-13-11(14)8(2)15-10-6-4-9(12)5-7-10/h4-8H,3H2,1-2H3,(H,13,14)/t8-/m0/s1. The average molecular weight is 319 g/mol. The summed E-state index contributed by atoms with van der Waals surface area (Å²) in [6.45, 7) is 4.25. The first-order chi connectivity index (χ1) is 7.13. The van der Waals surface area contributed by atoms with Gasteiger partial charge in [-0.1, -0.05) is 0 Å². The molecule has 0 aliphatic rings. The van der Waals surface area contributed by atoms with Crippen molar-refractivity contribution in [2.45, 2.75) is 20.0 Å². The van der Waals surface area contributed by atoms with E-state index in [1.54, 1.807) is 6.92 Å². The highest BCUT2D eigenvalue weighted by Crippen LogP contribution is 2.14. The maximum Gasteiger partial charge on any atom is 0.260 e. The minimum absolute atomic E-state index is 0.0870. The number of carbonyl (C=O) groups is 1. The number of halogens is 1. The van der Waals surface area contributed by atoms with Crippen LogP contribution in [0.4, 0.5) is 0 Å². The molecular weight excluding hydrogens is 305 g/mol. The lowest BCUT2D eigenvalue weighted by molar-refractivity contribution is -0.127. The van der Waals surface area contributed by atoms with Crippen molar-refractivity contribution in [1.29, 1.82) is 0 Å². The molecule has 0 radical (unpaired) electrons. The third kappa shape index (κ3) is 4.07. The number of carbonyl (C=O) groups excluding carboxylic acids is 1. The fourth-order valence-corrected chi connectivity index (χ4v) is 1.45. The summed E-state index contributed by atoms with van der Waals surface area (Å²) in [7, 11) is 0. The average Bonchev–Trinajstić information content (AvgIpc) is 2.22. The molecule has 0 saturated heterocycles. The second kappa shape index (κ2) is 5.95. The number of hydrogen-bond donors (Lipinski definition) is 1. The molecule has 1 atom stereocenters. The summed E-state index contributed by atoms with van der Waals surface area (Å²) in [6.07, 6.45) is -0.454. The lowest BCUT2D eigenvalue weighted by Crippen LogP contribution is -2.36. The first-order valence-electron chi connectivity index (χ1n) is 4.83. The fourth-order valence-electron chi connectivity index (χ4n) is 1.09. The lowest BCUT2D eigenvalue weighted by atomic mass is 10.3. The summed E-state index contributed by atoms with van der Waals surface area (Å²) in [6, 6.07) is 7.61. The highest BCUT2D eigenvalue weighted by atomic mass is 127. The molecule has 0 heterocycles. The van der Waals surface area contributed by atoms with Gasteiger partial charge in [0.2, 0.25) is 0 Å². The Morgan fingerprint density at radius 3 is 2.60 bits per heavy atom. The van der Waals surface area contributed by atoms with Gasteiger partial charge in [-0.25, -0.2) is 0 Å². The van der Waals surface area contributed by atoms with Gasteiger partial charge in [-0.3, -0.25) is 4.79 Å². The lowest BCUT2D eigenvalue weighted by Gasteiger charge is -2.13. The highest BCUT2D eigenvalue weighted by Gasteiger charge is 2.12. The van der Waals surface area contributed by atoms with E-state index in [4.69, 9.17) is 4.74 Å². The third-order valence-corrected chi connectivity index (χ3v) is 2.57. The van der Waals surface area contributed by atoms with E-state index in [-0.39, 0.29) is 5.91 Å². The monoisotopic (exact) mass is 319 g/mol. The predicted molar refractivity (Wildman–Crippen MR) is 67.9 cm³/mol. The van der Waals surface area contributed by atoms with Crippen LogP contribution in [0.2, 0.25) is 0 Å². The SMILES string of the molecule is CCNC(=O)[C@H](C)Oc1ccc(I)cc1. The molecule has 0 aromatic heterocycles. The van der Waals surface area contributed by atoms with E-state index in [9.17, 15) is 4.79 Å². The van der Waals surface area contributed by atoms with Gasteiger partial charge in [-0.15, -0.1) is 0 Å². The number of benzene rings is 1. The van der Waals surface area contributed by atoms with Crippen molar-refractivity contribution in [3.8, 4) is 5.75 Å². The van der Waals surface area contributed by atoms with Gasteiger partial charge in [-0.05, 0) is 60.7 Å². The van der Waals surface area contributed by atoms with E-state index in [0.717, 1.165) is 3.57 Å². The maximum absolute atomic E-state index is 11.4. The molecule has 0 unspecified atom stereocenters. The number of rotatable bonds is 4. The van der Waals surface area contributed by atoms with Crippen LogP contribution in [-0.4, -0.2) is 18.6 Å². The Balaban J connectivity index is 2.54. The Hall–Kier alpha value is -0.780. The van der Waals surface area contributed by atoms with E-state index in [2.05, 4.69) is 27.9 Å². The molecule has 4 heteroatoms. The zero-order valence-electron chi connectivity index (χ0n) is 8.79. The van der Waals surface area contributed by atoms with Crippen molar-refractivity contribution in [3.63, 3.8) is 0 Å². The minimum Gasteiger partial charge on any atom is -0.481 e. The third-order valence-electron chi connectivity index (χ3n) is 1.85. The van der Waals surface area contributed by atoms with E-state index < -0.39 is 6.10 Å². The largest absolute Gasteiger partial charge is 0.481 e. The molecule has 1 amide bonds. The molecule has 1 aromatic carbocycles. The molecule has 1 N–H and O–H groups in total. The van der Waals surface area contributed by atoms with Gasteiger partial charge in [0.1, 0.15) is 5.75 Å². The molecule has 0 fully saturated rings. The van der Waals surface area contributed by atoms with Gasteiger partial charge in [-0.2, -0.15) is 0 Å². The minimum atomic E-state index is -0.454. The van der Waals surface area contributed by atoms with Gasteiger partial charge in [0.05, 0.1) is 0 Å². The van der Waals surface area contributed by atoms with Crippen molar-refractivity contribution >= 4 is 28.5 Å². The Labute approximate surface area is 103 Å². The quantitative estimate of drug-likeness (QED) is 0.864. The normalized spacial score (nSPS) is 11.9. The van der Waals surface area contributed by atoms with E-state index >= 15 is 0 Å². The van der Waals surface area contributed by atoms with Crippen LogP contribution in [0.5, 0.6) is 5.75 Å². The van der Waals surface area contributed by atoms with Crippen molar-refractivity contribution in [2.24, 2.45) is 0 Å². The molecular formula is C11H14INO2. The fraction of sp³-hybridized carbons (Fsp3) is 0.364. The Morgan fingerprint density at radius 1 is 1.47 bits per heavy atom. The van der Waals surface area contributed by atoms with Gasteiger partial charge in [0.15, 0.2) is 6.10 Å². The molecule has 82 valence electrons. The van der Waals surface area contributed by atoms with Crippen LogP contribution in [0, 0.1) is 3.57 Å². The number of amides is 1. The number of nitrogens with one attached hydrogen (secondary N) is 1. The summed E-state index contributed by atoms with van der Waals surface area (Å²) >= 11 is 2.22. The summed E-state index contributed by atoms with van der Waals surface area (Å²) in [5.74, 6) is 0.630. The van der Waals surface area contributed by atoms with Crippen LogP contribution in [0.3, 0.4) is 0 Å². The number of likely N-dealkylation sites (N-methyl/N-ethyl adjacent to an activating group) is 1. The van der Waals surface area contributed by atoms with Crippen molar-refractivity contribution in [1.82, 2.24) is 5.32 Å². The molecule has 0 bridgehead atoms. The highest BCUT2D eigenvalue weighted by molar-refractivity contribution is 14.1. The first kappa shape index (κ1) is 12.3. The second-order valence-corrected chi connectivity index (χ2v) is 4.35. The second-order valence-electron chi connectivity index (χ2n) is 3.11. The zero-order valence-corrected chi connectivity index (χ0v) is 10.9. The van der Waals surface area contributed by atoms with Gasteiger partial charge >= 0.3 is 0 Å². The summed E-state index contributed by atoms with van der Waals surface area (Å²) in [5, 5.41) is 2.71. The first-order valence-corrected chi connectivity index (χ1v) is 5.91. The predicted octanol–water partition coefficient (Wildman–Crippen LogP) is 2.19. The molecule has 3 nitrogen and oxygen atoms in total. The topological polar surface area (TPSA) is 38.3 Å². The van der Waals surface area contributed by atoms with E-state index in [1.165, 1.54) is 0 Å². The van der Waals surface area contributed by atoms with Crippen LogP contribution in [0.1, 0.15) is 13.8 Å². The molecule has 0 saturated carbocycles.